The van der Waals surface area contributed by atoms with Gasteiger partial charge in [0.15, 0.2) is 12.1 Å². The number of carboxylic acid groups (broad SMARTS) is 3. The molecule has 0 saturated carbocycles. The van der Waals surface area contributed by atoms with Crippen LogP contribution < -0.4 is 5.11 Å². The lowest BCUT2D eigenvalue weighted by molar-refractivity contribution is -0.974. The van der Waals surface area contributed by atoms with E-state index in [4.69, 9.17) is 0 Å². The Morgan fingerprint density at radius 1 is 0.561 bits per heavy atom. The van der Waals surface area contributed by atoms with Gasteiger partial charge in [-0.1, -0.05) is 117 Å². The molecule has 2 N–H and O–H groups in total. The number of rotatable bonds is 29. The number of hydrogen-bond acceptors (Lipinski definition) is 4. The van der Waals surface area contributed by atoms with Crippen molar-refractivity contribution in [3.05, 3.63) is 12.2 Å². The summed E-state index contributed by atoms with van der Waals surface area (Å²) in [6, 6.07) is -3.37. The van der Waals surface area contributed by atoms with Gasteiger partial charge in [-0.05, 0) is 38.5 Å². The van der Waals surface area contributed by atoms with Gasteiger partial charge in [-0.2, -0.15) is 0 Å². The summed E-state index contributed by atoms with van der Waals surface area (Å²) in [6.07, 6.45) is 26.7. The molecule has 0 aliphatic carbocycles. The molecule has 240 valence electrons. The number of carbonyl (C=O) groups excluding carboxylic acids is 1. The molecule has 0 aromatic rings. The fourth-order valence-electron chi connectivity index (χ4n) is 6.60. The molecule has 0 spiro atoms. The summed E-state index contributed by atoms with van der Waals surface area (Å²) in [7, 11) is 0. The molecule has 3 unspecified atom stereocenters. The van der Waals surface area contributed by atoms with Crippen LogP contribution in [0, 0.1) is 0 Å². The maximum atomic E-state index is 12.2. The SMILES string of the molecule is CCCCC/C=C/CCCCCCCCCCCCCCC[N+](C(CC)C(=O)[O-])(C(CC)C(=O)O)C(CC)C(=O)O. The van der Waals surface area contributed by atoms with Crippen molar-refractivity contribution < 1.29 is 34.2 Å². The average Bonchev–Trinajstić information content (AvgIpc) is 2.92. The molecule has 7 nitrogen and oxygen atoms in total. The first kappa shape index (κ1) is 39.1. The van der Waals surface area contributed by atoms with Gasteiger partial charge in [0.2, 0.25) is 0 Å². The monoisotopic (exact) mass is 581 g/mol. The second-order valence-electron chi connectivity index (χ2n) is 11.8. The van der Waals surface area contributed by atoms with E-state index < -0.39 is 40.5 Å². The van der Waals surface area contributed by atoms with Crippen LogP contribution in [-0.2, 0) is 14.4 Å². The summed E-state index contributed by atoms with van der Waals surface area (Å²) < 4.78 is -0.466. The Kier molecular flexibility index (Phi) is 23.5. The average molecular weight is 582 g/mol. The van der Waals surface area contributed by atoms with E-state index in [-0.39, 0.29) is 25.8 Å². The third-order valence-electron chi connectivity index (χ3n) is 8.80. The molecule has 0 heterocycles. The minimum Gasteiger partial charge on any atom is -0.544 e. The summed E-state index contributed by atoms with van der Waals surface area (Å²) >= 11 is 0. The lowest BCUT2D eigenvalue weighted by Gasteiger charge is -2.51. The molecule has 0 fully saturated rings. The van der Waals surface area contributed by atoms with E-state index in [0.29, 0.717) is 6.42 Å². The molecular weight excluding hydrogens is 518 g/mol. The van der Waals surface area contributed by atoms with E-state index in [2.05, 4.69) is 19.1 Å². The number of carbonyl (C=O) groups is 3. The maximum absolute atomic E-state index is 12.2. The molecule has 0 radical (unpaired) electrons. The predicted molar refractivity (Wildman–Crippen MR) is 166 cm³/mol. The minimum absolute atomic E-state index is 0.131. The van der Waals surface area contributed by atoms with Crippen molar-refractivity contribution in [2.75, 3.05) is 6.54 Å². The fraction of sp³-hybridized carbons (Fsp3) is 0.853. The first-order chi connectivity index (χ1) is 19.7. The zero-order valence-electron chi connectivity index (χ0n) is 26.9. The number of allylic oxidation sites excluding steroid dienone is 2. The minimum atomic E-state index is -1.36. The molecule has 0 bridgehead atoms. The van der Waals surface area contributed by atoms with E-state index in [1.807, 2.05) is 0 Å². The number of quaternary nitrogens is 1. The van der Waals surface area contributed by atoms with Crippen LogP contribution in [0.5, 0.6) is 0 Å². The van der Waals surface area contributed by atoms with Gasteiger partial charge >= 0.3 is 11.9 Å². The Morgan fingerprint density at radius 2 is 0.902 bits per heavy atom. The van der Waals surface area contributed by atoms with Crippen LogP contribution >= 0.6 is 0 Å². The lowest BCUT2D eigenvalue weighted by atomic mass is 9.93. The Labute approximate surface area is 251 Å². The Bertz CT molecular complexity index is 667. The number of hydrogen-bond donors (Lipinski definition) is 2. The highest BCUT2D eigenvalue weighted by Gasteiger charge is 2.53. The van der Waals surface area contributed by atoms with Crippen molar-refractivity contribution in [1.29, 1.82) is 0 Å². The van der Waals surface area contributed by atoms with Crippen LogP contribution in [0.4, 0.5) is 0 Å². The maximum Gasteiger partial charge on any atom is 0.362 e. The second kappa shape index (κ2) is 24.7. The molecule has 0 rings (SSSR count). The predicted octanol–water partition coefficient (Wildman–Crippen LogP) is 7.66. The molecular formula is C34H63NO6. The van der Waals surface area contributed by atoms with Crippen LogP contribution in [0.15, 0.2) is 12.2 Å². The summed E-state index contributed by atoms with van der Waals surface area (Å²) in [5, 5.41) is 32.2. The van der Waals surface area contributed by atoms with Crippen LogP contribution in [-0.4, -0.2) is 57.3 Å². The number of unbranched alkanes of at least 4 members (excludes halogenated alkanes) is 16. The van der Waals surface area contributed by atoms with Crippen LogP contribution in [0.3, 0.4) is 0 Å². The molecule has 3 atom stereocenters. The summed E-state index contributed by atoms with van der Waals surface area (Å²) in [4.78, 5) is 36.7. The van der Waals surface area contributed by atoms with Crippen molar-refractivity contribution >= 4 is 17.9 Å². The van der Waals surface area contributed by atoms with Crippen molar-refractivity contribution in [3.8, 4) is 0 Å². The largest absolute Gasteiger partial charge is 0.544 e. The summed E-state index contributed by atoms with van der Waals surface area (Å²) in [6.45, 7) is 7.52. The third-order valence-corrected chi connectivity index (χ3v) is 8.80. The Hall–Kier alpha value is -1.89. The molecule has 41 heavy (non-hydrogen) atoms. The molecule has 0 aliphatic rings. The van der Waals surface area contributed by atoms with Crippen LogP contribution in [0.2, 0.25) is 0 Å². The van der Waals surface area contributed by atoms with Crippen LogP contribution in [0.1, 0.15) is 163 Å². The van der Waals surface area contributed by atoms with Gasteiger partial charge in [-0.15, -0.1) is 0 Å². The van der Waals surface area contributed by atoms with Gasteiger partial charge in [0.25, 0.3) is 0 Å². The second-order valence-corrected chi connectivity index (χ2v) is 11.8. The van der Waals surface area contributed by atoms with Crippen LogP contribution in [0.25, 0.3) is 0 Å². The quantitative estimate of drug-likeness (QED) is 0.0532. The van der Waals surface area contributed by atoms with E-state index in [1.165, 1.54) is 89.9 Å². The lowest BCUT2D eigenvalue weighted by Crippen LogP contribution is -2.73. The number of nitrogens with zero attached hydrogens (tertiary/aromatic N) is 1. The topological polar surface area (TPSA) is 115 Å². The van der Waals surface area contributed by atoms with Gasteiger partial charge in [-0.25, -0.2) is 9.59 Å². The molecule has 0 aliphatic heterocycles. The van der Waals surface area contributed by atoms with Gasteiger partial charge in [0, 0.05) is 19.3 Å². The van der Waals surface area contributed by atoms with Gasteiger partial charge in [-0.3, -0.25) is 4.48 Å². The molecule has 0 aromatic heterocycles. The molecule has 0 saturated heterocycles. The van der Waals surface area contributed by atoms with E-state index in [0.717, 1.165) is 19.3 Å². The summed E-state index contributed by atoms with van der Waals surface area (Å²) in [5.41, 5.74) is 0. The molecule has 0 aromatic carbocycles. The standard InChI is InChI=1S/C34H63NO6/c1-5-9-10-11-12-13-14-15-16-17-18-19-20-21-22-23-24-25-26-27-28-35(29(6-2)32(36)37,30(7-3)33(38)39)31(8-4)34(40)41/h12-13,29-31H,5-11,14-28H2,1-4H3,(H2-,36,37,38,39,40,41)/b13-12+. The number of aliphatic carboxylic acids is 3. The number of carboxylic acids is 3. The Balaban J connectivity index is 4.42. The zero-order valence-corrected chi connectivity index (χ0v) is 26.9. The fourth-order valence-corrected chi connectivity index (χ4v) is 6.60. The highest BCUT2D eigenvalue weighted by Crippen LogP contribution is 2.32. The zero-order chi connectivity index (χ0) is 30.9. The van der Waals surface area contributed by atoms with Crippen molar-refractivity contribution in [1.82, 2.24) is 0 Å². The van der Waals surface area contributed by atoms with E-state index >= 15 is 0 Å². The van der Waals surface area contributed by atoms with Gasteiger partial charge in [0.1, 0.15) is 6.04 Å². The van der Waals surface area contributed by atoms with Crippen molar-refractivity contribution in [2.24, 2.45) is 0 Å². The first-order valence-corrected chi connectivity index (χ1v) is 16.9. The van der Waals surface area contributed by atoms with Gasteiger partial charge < -0.3 is 20.1 Å². The normalized spacial score (nSPS) is 15.4. The van der Waals surface area contributed by atoms with Crippen molar-refractivity contribution in [3.63, 3.8) is 0 Å². The first-order valence-electron chi connectivity index (χ1n) is 16.9. The van der Waals surface area contributed by atoms with E-state index in [1.54, 1.807) is 20.8 Å². The van der Waals surface area contributed by atoms with Crippen molar-refractivity contribution in [2.45, 2.75) is 181 Å². The van der Waals surface area contributed by atoms with E-state index in [9.17, 15) is 29.7 Å². The molecule has 7 heteroatoms. The highest BCUT2D eigenvalue weighted by atomic mass is 16.4. The summed E-state index contributed by atoms with van der Waals surface area (Å²) in [5.74, 6) is -3.65. The Morgan fingerprint density at radius 3 is 1.22 bits per heavy atom. The third kappa shape index (κ3) is 15.2. The van der Waals surface area contributed by atoms with Gasteiger partial charge in [0.05, 0.1) is 12.5 Å². The molecule has 0 amide bonds. The smallest absolute Gasteiger partial charge is 0.362 e. The highest BCUT2D eigenvalue weighted by molar-refractivity contribution is 5.77.